The Balaban J connectivity index is 2.96. The molecule has 1 rings (SSSR count). The molecule has 72 valence electrons. The van der Waals surface area contributed by atoms with Crippen LogP contribution in [0, 0.1) is 0 Å². The fourth-order valence-corrected chi connectivity index (χ4v) is 1.73. The van der Waals surface area contributed by atoms with Gasteiger partial charge in [0, 0.05) is 5.56 Å². The smallest absolute Gasteiger partial charge is 0.341 e. The molecule has 0 saturated heterocycles. The molecule has 0 bridgehead atoms. The monoisotopic (exact) mass is 203 g/mol. The van der Waals surface area contributed by atoms with Crippen LogP contribution in [-0.2, 0) is 11.4 Å². The molecule has 0 aliphatic carbocycles. The third kappa shape index (κ3) is 1.98. The normalized spacial score (nSPS) is 10.0. The minimum absolute atomic E-state index is 0.175. The molecule has 13 heavy (non-hydrogen) atoms. The number of nitrogens with two attached hydrogens (primary N) is 1. The van der Waals surface area contributed by atoms with Gasteiger partial charge in [-0.25, -0.2) is 9.18 Å². The fraction of sp³-hybridized carbons (Fsp3) is 0.375. The van der Waals surface area contributed by atoms with E-state index in [9.17, 15) is 9.18 Å². The molecular weight excluding hydrogens is 193 g/mol. The van der Waals surface area contributed by atoms with E-state index in [1.54, 1.807) is 6.92 Å². The van der Waals surface area contributed by atoms with Gasteiger partial charge in [-0.1, -0.05) is 0 Å². The van der Waals surface area contributed by atoms with Crippen molar-refractivity contribution in [2.75, 3.05) is 12.3 Å². The highest BCUT2D eigenvalue weighted by atomic mass is 32.1. The second-order valence-electron chi connectivity index (χ2n) is 2.35. The number of ether oxygens (including phenoxy) is 1. The van der Waals surface area contributed by atoms with E-state index in [-0.39, 0.29) is 12.2 Å². The lowest BCUT2D eigenvalue weighted by Gasteiger charge is -2.01. The molecule has 0 unspecified atom stereocenters. The number of nitrogen functional groups attached to an aromatic ring is 1. The van der Waals surface area contributed by atoms with E-state index >= 15 is 0 Å². The number of carbonyl (C=O) groups is 1. The van der Waals surface area contributed by atoms with Gasteiger partial charge < -0.3 is 10.5 Å². The third-order valence-corrected chi connectivity index (χ3v) is 2.38. The highest BCUT2D eigenvalue weighted by molar-refractivity contribution is 7.14. The maximum absolute atomic E-state index is 12.3. The minimum atomic E-state index is -0.693. The van der Waals surface area contributed by atoms with Crippen LogP contribution < -0.4 is 5.73 Å². The van der Waals surface area contributed by atoms with Gasteiger partial charge >= 0.3 is 5.97 Å². The molecular formula is C8H10FNO2S. The summed E-state index contributed by atoms with van der Waals surface area (Å²) in [4.78, 5) is 11.2. The van der Waals surface area contributed by atoms with Crippen LogP contribution in [-0.4, -0.2) is 12.6 Å². The zero-order chi connectivity index (χ0) is 9.84. The van der Waals surface area contributed by atoms with Crippen LogP contribution in [0.15, 0.2) is 5.38 Å². The second kappa shape index (κ2) is 4.23. The molecule has 0 aromatic carbocycles. The first kappa shape index (κ1) is 9.98. The molecule has 0 aliphatic rings. The van der Waals surface area contributed by atoms with Crippen LogP contribution in [0.2, 0.25) is 0 Å². The number of thiophene rings is 1. The maximum Gasteiger partial charge on any atom is 0.341 e. The summed E-state index contributed by atoms with van der Waals surface area (Å²) in [5, 5.41) is 1.84. The van der Waals surface area contributed by atoms with Crippen LogP contribution in [0.1, 0.15) is 22.8 Å². The van der Waals surface area contributed by atoms with E-state index in [4.69, 9.17) is 10.5 Å². The van der Waals surface area contributed by atoms with Gasteiger partial charge in [0.15, 0.2) is 0 Å². The molecule has 3 nitrogen and oxygen atoms in total. The fourth-order valence-electron chi connectivity index (χ4n) is 0.944. The number of alkyl halides is 1. The summed E-state index contributed by atoms with van der Waals surface area (Å²) in [5.74, 6) is -0.547. The summed E-state index contributed by atoms with van der Waals surface area (Å²) in [5.41, 5.74) is 5.98. The third-order valence-electron chi connectivity index (χ3n) is 1.52. The second-order valence-corrected chi connectivity index (χ2v) is 3.27. The Hall–Kier alpha value is -1.10. The molecule has 2 N–H and O–H groups in total. The largest absolute Gasteiger partial charge is 0.462 e. The predicted octanol–water partition coefficient (Wildman–Crippen LogP) is 1.98. The summed E-state index contributed by atoms with van der Waals surface area (Å²) in [6.45, 7) is 1.26. The zero-order valence-corrected chi connectivity index (χ0v) is 7.99. The van der Waals surface area contributed by atoms with Crippen molar-refractivity contribution in [2.45, 2.75) is 13.6 Å². The van der Waals surface area contributed by atoms with E-state index in [1.807, 2.05) is 0 Å². The Morgan fingerprint density at radius 3 is 3.00 bits per heavy atom. The molecule has 0 radical (unpaired) electrons. The molecule has 0 amide bonds. The van der Waals surface area contributed by atoms with Crippen LogP contribution in [0.3, 0.4) is 0 Å². The van der Waals surface area contributed by atoms with Gasteiger partial charge in [0.25, 0.3) is 0 Å². The standard InChI is InChI=1S/C8H10FNO2S/c1-2-12-8(11)6-5(3-9)4-13-7(6)10/h4H,2-3,10H2,1H3. The van der Waals surface area contributed by atoms with Gasteiger partial charge in [0.05, 0.1) is 12.2 Å². The summed E-state index contributed by atoms with van der Waals surface area (Å²) in [6, 6.07) is 0. The first-order valence-corrected chi connectivity index (χ1v) is 4.67. The Bertz CT molecular complexity index is 311. The van der Waals surface area contributed by atoms with Crippen molar-refractivity contribution in [1.82, 2.24) is 0 Å². The van der Waals surface area contributed by atoms with Crippen molar-refractivity contribution in [1.29, 1.82) is 0 Å². The molecule has 1 heterocycles. The van der Waals surface area contributed by atoms with Crippen LogP contribution in [0.5, 0.6) is 0 Å². The van der Waals surface area contributed by atoms with Crippen molar-refractivity contribution in [3.05, 3.63) is 16.5 Å². The van der Waals surface area contributed by atoms with Gasteiger partial charge in [-0.3, -0.25) is 0 Å². The predicted molar refractivity (Wildman–Crippen MR) is 49.5 cm³/mol. The SMILES string of the molecule is CCOC(=O)c1c(CF)csc1N. The molecule has 1 aromatic heterocycles. The summed E-state index contributed by atoms with van der Waals surface area (Å²) < 4.78 is 17.1. The molecule has 0 aliphatic heterocycles. The Morgan fingerprint density at radius 2 is 2.46 bits per heavy atom. The summed E-state index contributed by atoms with van der Waals surface area (Å²) in [6.07, 6.45) is 0. The highest BCUT2D eigenvalue weighted by Crippen LogP contribution is 2.26. The molecule has 5 heteroatoms. The number of halogens is 1. The van der Waals surface area contributed by atoms with Gasteiger partial charge in [-0.15, -0.1) is 11.3 Å². The average molecular weight is 203 g/mol. The summed E-state index contributed by atoms with van der Waals surface area (Å²) >= 11 is 1.15. The van der Waals surface area contributed by atoms with E-state index in [1.165, 1.54) is 5.38 Å². The molecule has 1 aromatic rings. The highest BCUT2D eigenvalue weighted by Gasteiger charge is 2.17. The van der Waals surface area contributed by atoms with Crippen molar-refractivity contribution in [3.63, 3.8) is 0 Å². The zero-order valence-electron chi connectivity index (χ0n) is 7.17. The van der Waals surface area contributed by atoms with E-state index < -0.39 is 12.6 Å². The van der Waals surface area contributed by atoms with Crippen molar-refractivity contribution < 1.29 is 13.9 Å². The van der Waals surface area contributed by atoms with Gasteiger partial charge in [-0.05, 0) is 12.3 Å². The maximum atomic E-state index is 12.3. The molecule has 0 saturated carbocycles. The van der Waals surface area contributed by atoms with Crippen molar-refractivity contribution >= 4 is 22.3 Å². The topological polar surface area (TPSA) is 52.3 Å². The van der Waals surface area contributed by atoms with Gasteiger partial charge in [-0.2, -0.15) is 0 Å². The minimum Gasteiger partial charge on any atom is -0.462 e. The number of carbonyl (C=O) groups excluding carboxylic acids is 1. The van der Waals surface area contributed by atoms with Gasteiger partial charge in [0.1, 0.15) is 11.7 Å². The number of esters is 1. The summed E-state index contributed by atoms with van der Waals surface area (Å²) in [7, 11) is 0. The Kier molecular flexibility index (Phi) is 3.25. The van der Waals surface area contributed by atoms with Crippen molar-refractivity contribution in [2.24, 2.45) is 0 Å². The molecule has 0 atom stereocenters. The quantitative estimate of drug-likeness (QED) is 0.764. The van der Waals surface area contributed by atoms with Crippen LogP contribution >= 0.6 is 11.3 Å². The lowest BCUT2D eigenvalue weighted by molar-refractivity contribution is 0.0526. The van der Waals surface area contributed by atoms with Crippen LogP contribution in [0.4, 0.5) is 9.39 Å². The van der Waals surface area contributed by atoms with Crippen LogP contribution in [0.25, 0.3) is 0 Å². The van der Waals surface area contributed by atoms with E-state index in [0.717, 1.165) is 11.3 Å². The van der Waals surface area contributed by atoms with E-state index in [0.29, 0.717) is 10.6 Å². The Morgan fingerprint density at radius 1 is 1.77 bits per heavy atom. The average Bonchev–Trinajstić information content (AvgIpc) is 2.47. The number of anilines is 1. The molecule has 0 spiro atoms. The number of hydrogen-bond acceptors (Lipinski definition) is 4. The van der Waals surface area contributed by atoms with Crippen molar-refractivity contribution in [3.8, 4) is 0 Å². The number of rotatable bonds is 3. The lowest BCUT2D eigenvalue weighted by atomic mass is 10.2. The molecule has 0 fully saturated rings. The van der Waals surface area contributed by atoms with E-state index in [2.05, 4.69) is 0 Å². The first-order valence-electron chi connectivity index (χ1n) is 3.79. The van der Waals surface area contributed by atoms with Gasteiger partial charge in [0.2, 0.25) is 0 Å². The lowest BCUT2D eigenvalue weighted by Crippen LogP contribution is -2.07. The Labute approximate surface area is 79.3 Å². The number of hydrogen-bond donors (Lipinski definition) is 1. The first-order chi connectivity index (χ1) is 6.20.